The Kier molecular flexibility index (Phi) is 3.87. The van der Waals surface area contributed by atoms with Crippen molar-refractivity contribution >= 4 is 11.3 Å². The zero-order valence-electron chi connectivity index (χ0n) is 10.2. The molecular formula is C11H21N3S. The average Bonchev–Trinajstić information content (AvgIpc) is 2.50. The summed E-state index contributed by atoms with van der Waals surface area (Å²) in [5.74, 6) is 0. The largest absolute Gasteiger partial charge is 0.326 e. The molecule has 86 valence electrons. The molecule has 0 aromatic carbocycles. The van der Waals surface area contributed by atoms with Crippen LogP contribution in [0.1, 0.15) is 24.5 Å². The first-order valence-corrected chi connectivity index (χ1v) is 6.06. The maximum Gasteiger partial charge on any atom is 0.0897 e. The van der Waals surface area contributed by atoms with Crippen LogP contribution in [0.25, 0.3) is 0 Å². The van der Waals surface area contributed by atoms with E-state index in [0.29, 0.717) is 0 Å². The SMILES string of the molecule is Cc1nc(CC(N)C(C)(C)N(C)C)cs1. The van der Waals surface area contributed by atoms with Gasteiger partial charge in [-0.1, -0.05) is 0 Å². The predicted molar refractivity (Wildman–Crippen MR) is 66.3 cm³/mol. The van der Waals surface area contributed by atoms with Crippen molar-refractivity contribution in [3.63, 3.8) is 0 Å². The van der Waals surface area contributed by atoms with Crippen LogP contribution in [0, 0.1) is 6.92 Å². The number of rotatable bonds is 4. The van der Waals surface area contributed by atoms with Crippen LogP contribution in [0.15, 0.2) is 5.38 Å². The van der Waals surface area contributed by atoms with E-state index in [1.807, 2.05) is 6.92 Å². The predicted octanol–water partition coefficient (Wildman–Crippen LogP) is 1.66. The summed E-state index contributed by atoms with van der Waals surface area (Å²) in [6, 6.07) is 0.106. The Bertz CT molecular complexity index is 317. The normalized spacial score (nSPS) is 14.6. The molecule has 1 aromatic rings. The second-order valence-corrected chi connectivity index (χ2v) is 5.78. The summed E-state index contributed by atoms with van der Waals surface area (Å²) < 4.78 is 0. The van der Waals surface area contributed by atoms with E-state index in [9.17, 15) is 0 Å². The molecule has 1 unspecified atom stereocenters. The van der Waals surface area contributed by atoms with Gasteiger partial charge < -0.3 is 10.6 Å². The summed E-state index contributed by atoms with van der Waals surface area (Å²) in [6.45, 7) is 6.35. The highest BCUT2D eigenvalue weighted by Gasteiger charge is 2.29. The van der Waals surface area contributed by atoms with E-state index < -0.39 is 0 Å². The Balaban J connectivity index is 2.67. The fourth-order valence-electron chi connectivity index (χ4n) is 1.31. The number of hydrogen-bond donors (Lipinski definition) is 1. The van der Waals surface area contributed by atoms with Gasteiger partial charge in [-0.2, -0.15) is 0 Å². The maximum atomic E-state index is 6.22. The Morgan fingerprint density at radius 2 is 2.13 bits per heavy atom. The van der Waals surface area contributed by atoms with Gasteiger partial charge in [0.1, 0.15) is 0 Å². The molecule has 1 atom stereocenters. The quantitative estimate of drug-likeness (QED) is 0.850. The number of likely N-dealkylation sites (N-methyl/N-ethyl adjacent to an activating group) is 1. The van der Waals surface area contributed by atoms with Crippen molar-refractivity contribution in [1.82, 2.24) is 9.88 Å². The molecule has 0 radical (unpaired) electrons. The molecule has 0 amide bonds. The van der Waals surface area contributed by atoms with E-state index in [2.05, 4.69) is 43.2 Å². The fourth-order valence-corrected chi connectivity index (χ4v) is 1.93. The van der Waals surface area contributed by atoms with E-state index >= 15 is 0 Å². The molecular weight excluding hydrogens is 206 g/mol. The van der Waals surface area contributed by atoms with Gasteiger partial charge in [-0.05, 0) is 34.9 Å². The minimum Gasteiger partial charge on any atom is -0.326 e. The van der Waals surface area contributed by atoms with Crippen LogP contribution in [0.4, 0.5) is 0 Å². The standard InChI is InChI=1S/C11H21N3S/c1-8-13-9(7-15-8)6-10(12)11(2,3)14(4)5/h7,10H,6,12H2,1-5H3. The molecule has 0 saturated heterocycles. The molecule has 0 fully saturated rings. The van der Waals surface area contributed by atoms with Gasteiger partial charge in [0.2, 0.25) is 0 Å². The van der Waals surface area contributed by atoms with Crippen LogP contribution < -0.4 is 5.73 Å². The second-order valence-electron chi connectivity index (χ2n) is 4.72. The molecule has 0 aliphatic heterocycles. The number of nitrogens with zero attached hydrogens (tertiary/aromatic N) is 2. The zero-order valence-corrected chi connectivity index (χ0v) is 11.1. The third kappa shape index (κ3) is 3.00. The van der Waals surface area contributed by atoms with Crippen molar-refractivity contribution in [3.8, 4) is 0 Å². The van der Waals surface area contributed by atoms with E-state index in [0.717, 1.165) is 17.1 Å². The topological polar surface area (TPSA) is 42.1 Å². The van der Waals surface area contributed by atoms with Crippen molar-refractivity contribution in [1.29, 1.82) is 0 Å². The van der Waals surface area contributed by atoms with Gasteiger partial charge in [0.25, 0.3) is 0 Å². The molecule has 3 nitrogen and oxygen atoms in total. The van der Waals surface area contributed by atoms with Gasteiger partial charge in [-0.25, -0.2) is 4.98 Å². The molecule has 0 saturated carbocycles. The van der Waals surface area contributed by atoms with Gasteiger partial charge in [0, 0.05) is 23.4 Å². The van der Waals surface area contributed by atoms with Gasteiger partial charge in [0.15, 0.2) is 0 Å². The molecule has 0 aliphatic rings. The minimum atomic E-state index is -0.00246. The van der Waals surface area contributed by atoms with Crippen molar-refractivity contribution in [2.45, 2.75) is 38.8 Å². The first-order valence-electron chi connectivity index (χ1n) is 5.18. The summed E-state index contributed by atoms with van der Waals surface area (Å²) in [5, 5.41) is 3.21. The lowest BCUT2D eigenvalue weighted by Gasteiger charge is -2.37. The van der Waals surface area contributed by atoms with Crippen molar-refractivity contribution in [2.75, 3.05) is 14.1 Å². The summed E-state index contributed by atoms with van der Waals surface area (Å²) in [4.78, 5) is 6.61. The number of thiazole rings is 1. The monoisotopic (exact) mass is 227 g/mol. The van der Waals surface area contributed by atoms with Crippen molar-refractivity contribution in [3.05, 3.63) is 16.1 Å². The Morgan fingerprint density at radius 1 is 1.53 bits per heavy atom. The highest BCUT2D eigenvalue weighted by Crippen LogP contribution is 2.18. The molecule has 15 heavy (non-hydrogen) atoms. The summed E-state index contributed by atoms with van der Waals surface area (Å²) >= 11 is 1.69. The lowest BCUT2D eigenvalue weighted by molar-refractivity contribution is 0.157. The molecule has 0 aliphatic carbocycles. The molecule has 0 bridgehead atoms. The summed E-state index contributed by atoms with van der Waals surface area (Å²) in [5.41, 5.74) is 7.33. The van der Waals surface area contributed by atoms with Gasteiger partial charge in [-0.15, -0.1) is 11.3 Å². The first-order chi connectivity index (χ1) is 6.84. The van der Waals surface area contributed by atoms with Crippen LogP contribution in [0.5, 0.6) is 0 Å². The van der Waals surface area contributed by atoms with Crippen LogP contribution in [0.3, 0.4) is 0 Å². The minimum absolute atomic E-state index is 0.00246. The number of nitrogens with two attached hydrogens (primary N) is 1. The Morgan fingerprint density at radius 3 is 2.53 bits per heavy atom. The van der Waals surface area contributed by atoms with Crippen molar-refractivity contribution in [2.24, 2.45) is 5.73 Å². The average molecular weight is 227 g/mol. The molecule has 1 heterocycles. The second kappa shape index (κ2) is 4.60. The molecule has 1 rings (SSSR count). The first kappa shape index (κ1) is 12.6. The summed E-state index contributed by atoms with van der Waals surface area (Å²) in [7, 11) is 4.12. The van der Waals surface area contributed by atoms with Crippen LogP contribution >= 0.6 is 11.3 Å². The van der Waals surface area contributed by atoms with Gasteiger partial charge in [-0.3, -0.25) is 0 Å². The van der Waals surface area contributed by atoms with E-state index in [4.69, 9.17) is 5.73 Å². The number of hydrogen-bond acceptors (Lipinski definition) is 4. The van der Waals surface area contributed by atoms with Gasteiger partial charge >= 0.3 is 0 Å². The Labute approximate surface area is 96.3 Å². The van der Waals surface area contributed by atoms with Crippen LogP contribution in [-0.2, 0) is 6.42 Å². The maximum absolute atomic E-state index is 6.22. The molecule has 1 aromatic heterocycles. The fraction of sp³-hybridized carbons (Fsp3) is 0.727. The third-order valence-electron chi connectivity index (χ3n) is 3.16. The van der Waals surface area contributed by atoms with E-state index in [-0.39, 0.29) is 11.6 Å². The lowest BCUT2D eigenvalue weighted by atomic mass is 9.91. The Hall–Kier alpha value is -0.450. The van der Waals surface area contributed by atoms with E-state index in [1.165, 1.54) is 0 Å². The molecule has 2 N–H and O–H groups in total. The third-order valence-corrected chi connectivity index (χ3v) is 3.98. The number of aryl methyl sites for hydroxylation is 1. The van der Waals surface area contributed by atoms with Crippen molar-refractivity contribution < 1.29 is 0 Å². The van der Waals surface area contributed by atoms with Crippen LogP contribution in [-0.4, -0.2) is 35.6 Å². The summed E-state index contributed by atoms with van der Waals surface area (Å²) in [6.07, 6.45) is 0.843. The molecule has 0 spiro atoms. The molecule has 4 heteroatoms. The number of aromatic nitrogens is 1. The van der Waals surface area contributed by atoms with Crippen LogP contribution in [0.2, 0.25) is 0 Å². The van der Waals surface area contributed by atoms with E-state index in [1.54, 1.807) is 11.3 Å². The lowest BCUT2D eigenvalue weighted by Crippen LogP contribution is -2.54. The highest BCUT2D eigenvalue weighted by molar-refractivity contribution is 7.09. The highest BCUT2D eigenvalue weighted by atomic mass is 32.1. The smallest absolute Gasteiger partial charge is 0.0897 e. The zero-order chi connectivity index (χ0) is 11.6. The van der Waals surface area contributed by atoms with Gasteiger partial charge in [0.05, 0.1) is 10.7 Å².